The van der Waals surface area contributed by atoms with Crippen LogP contribution in [0.2, 0.25) is 0 Å². The summed E-state index contributed by atoms with van der Waals surface area (Å²) >= 11 is 0. The number of alkyl halides is 3. The third kappa shape index (κ3) is 3.49. The zero-order chi connectivity index (χ0) is 14.8. The van der Waals surface area contributed by atoms with Crippen LogP contribution in [0.5, 0.6) is 5.88 Å². The number of likely N-dealkylation sites (tertiary alicyclic amines) is 1. The standard InChI is InChI=1S/C11H12F3N3O3/c12-11(13,14)8-5-9(16-6-15-8)20-7-1-3-17(4-2-7)10(18)19/h5-7H,1-4H2,(H,18,19)/p-1. The fourth-order valence-electron chi connectivity index (χ4n) is 1.89. The summed E-state index contributed by atoms with van der Waals surface area (Å²) in [6.07, 6.45) is -4.65. The van der Waals surface area contributed by atoms with Crippen molar-refractivity contribution in [1.82, 2.24) is 14.9 Å². The molecular formula is C11H11F3N3O3-. The Morgan fingerprint density at radius 1 is 1.35 bits per heavy atom. The van der Waals surface area contributed by atoms with Gasteiger partial charge in [0.15, 0.2) is 5.69 Å². The number of nitrogens with zero attached hydrogens (tertiary/aromatic N) is 3. The van der Waals surface area contributed by atoms with Gasteiger partial charge < -0.3 is 19.5 Å². The molecule has 1 aliphatic rings. The first-order valence-corrected chi connectivity index (χ1v) is 5.88. The quantitative estimate of drug-likeness (QED) is 0.800. The van der Waals surface area contributed by atoms with Crippen molar-refractivity contribution < 1.29 is 27.8 Å². The van der Waals surface area contributed by atoms with E-state index in [4.69, 9.17) is 4.74 Å². The molecule has 0 spiro atoms. The fraction of sp³-hybridized carbons (Fsp3) is 0.545. The van der Waals surface area contributed by atoms with Gasteiger partial charge in [0, 0.05) is 32.0 Å². The van der Waals surface area contributed by atoms with Crippen molar-refractivity contribution >= 4 is 6.09 Å². The highest BCUT2D eigenvalue weighted by atomic mass is 19.4. The molecule has 110 valence electrons. The molecule has 1 fully saturated rings. The molecule has 0 atom stereocenters. The summed E-state index contributed by atoms with van der Waals surface area (Å²) in [4.78, 5) is 18.5. The van der Waals surface area contributed by atoms with Crippen LogP contribution in [-0.2, 0) is 6.18 Å². The number of aromatic nitrogens is 2. The minimum atomic E-state index is -4.56. The molecule has 0 aromatic carbocycles. The summed E-state index contributed by atoms with van der Waals surface area (Å²) in [6, 6.07) is 0.727. The van der Waals surface area contributed by atoms with E-state index in [1.165, 1.54) is 0 Å². The Labute approximate surface area is 112 Å². The Bertz CT molecular complexity index is 487. The van der Waals surface area contributed by atoms with Gasteiger partial charge in [0.25, 0.3) is 0 Å². The van der Waals surface area contributed by atoms with Crippen molar-refractivity contribution in [2.45, 2.75) is 25.1 Å². The second kappa shape index (κ2) is 5.51. The Balaban J connectivity index is 1.96. The summed E-state index contributed by atoms with van der Waals surface area (Å²) in [6.45, 7) is 0.453. The zero-order valence-electron chi connectivity index (χ0n) is 10.3. The first-order valence-electron chi connectivity index (χ1n) is 5.88. The lowest BCUT2D eigenvalue weighted by atomic mass is 10.1. The lowest BCUT2D eigenvalue weighted by Crippen LogP contribution is -2.47. The van der Waals surface area contributed by atoms with Crippen molar-refractivity contribution in [1.29, 1.82) is 0 Å². The number of carboxylic acid groups (broad SMARTS) is 1. The van der Waals surface area contributed by atoms with Crippen molar-refractivity contribution in [2.75, 3.05) is 13.1 Å². The molecule has 2 rings (SSSR count). The van der Waals surface area contributed by atoms with E-state index in [-0.39, 0.29) is 25.1 Å². The van der Waals surface area contributed by atoms with Crippen molar-refractivity contribution in [3.63, 3.8) is 0 Å². The van der Waals surface area contributed by atoms with Crippen LogP contribution in [0.4, 0.5) is 18.0 Å². The molecule has 6 nitrogen and oxygen atoms in total. The topological polar surface area (TPSA) is 78.4 Å². The molecule has 0 radical (unpaired) electrons. The normalized spacial score (nSPS) is 17.1. The molecule has 1 saturated heterocycles. The highest BCUT2D eigenvalue weighted by Gasteiger charge is 2.33. The maximum absolute atomic E-state index is 12.5. The number of carbonyl (C=O) groups excluding carboxylic acids is 1. The van der Waals surface area contributed by atoms with E-state index in [9.17, 15) is 23.1 Å². The molecule has 1 aliphatic heterocycles. The highest BCUT2D eigenvalue weighted by Crippen LogP contribution is 2.29. The van der Waals surface area contributed by atoms with Crippen LogP contribution in [-0.4, -0.2) is 40.2 Å². The van der Waals surface area contributed by atoms with Gasteiger partial charge in [-0.05, 0) is 0 Å². The van der Waals surface area contributed by atoms with E-state index in [1.54, 1.807) is 0 Å². The predicted octanol–water partition coefficient (Wildman–Crippen LogP) is 0.682. The number of hydrogen-bond donors (Lipinski definition) is 0. The highest BCUT2D eigenvalue weighted by molar-refractivity contribution is 5.62. The van der Waals surface area contributed by atoms with Gasteiger partial charge in [-0.3, -0.25) is 0 Å². The van der Waals surface area contributed by atoms with Crippen molar-refractivity contribution in [3.05, 3.63) is 18.1 Å². The largest absolute Gasteiger partial charge is 0.530 e. The van der Waals surface area contributed by atoms with Gasteiger partial charge in [-0.2, -0.15) is 13.2 Å². The van der Waals surface area contributed by atoms with Crippen LogP contribution >= 0.6 is 0 Å². The number of rotatable bonds is 2. The van der Waals surface area contributed by atoms with Crippen molar-refractivity contribution in [2.24, 2.45) is 0 Å². The zero-order valence-corrected chi connectivity index (χ0v) is 10.3. The molecule has 0 saturated carbocycles. The molecule has 20 heavy (non-hydrogen) atoms. The van der Waals surface area contributed by atoms with E-state index >= 15 is 0 Å². The Morgan fingerprint density at radius 2 is 2.00 bits per heavy atom. The second-order valence-corrected chi connectivity index (χ2v) is 4.31. The Kier molecular flexibility index (Phi) is 3.96. The maximum Gasteiger partial charge on any atom is 0.433 e. The van der Waals surface area contributed by atoms with Gasteiger partial charge in [-0.25, -0.2) is 9.97 Å². The van der Waals surface area contributed by atoms with E-state index in [0.717, 1.165) is 17.3 Å². The molecular weight excluding hydrogens is 279 g/mol. The molecule has 2 heterocycles. The van der Waals surface area contributed by atoms with E-state index in [2.05, 4.69) is 9.97 Å². The van der Waals surface area contributed by atoms with Gasteiger partial charge in [0.05, 0.1) is 0 Å². The van der Waals surface area contributed by atoms with Crippen LogP contribution in [0.1, 0.15) is 18.5 Å². The number of halogens is 3. The van der Waals surface area contributed by atoms with Crippen LogP contribution < -0.4 is 9.84 Å². The molecule has 0 aliphatic carbocycles. The molecule has 1 amide bonds. The average molecular weight is 290 g/mol. The average Bonchev–Trinajstić information content (AvgIpc) is 2.38. The number of carbonyl (C=O) groups is 1. The van der Waals surface area contributed by atoms with Gasteiger partial charge in [-0.15, -0.1) is 0 Å². The lowest BCUT2D eigenvalue weighted by molar-refractivity contribution is -0.266. The minimum absolute atomic E-state index is 0.167. The van der Waals surface area contributed by atoms with Crippen LogP contribution in [0.15, 0.2) is 12.4 Å². The maximum atomic E-state index is 12.5. The molecule has 0 bridgehead atoms. The first-order chi connectivity index (χ1) is 9.36. The van der Waals surface area contributed by atoms with Crippen molar-refractivity contribution in [3.8, 4) is 5.88 Å². The SMILES string of the molecule is O=C([O-])N1CCC(Oc2cc(C(F)(F)F)ncn2)CC1. The van der Waals surface area contributed by atoms with E-state index in [0.29, 0.717) is 12.8 Å². The predicted molar refractivity (Wildman–Crippen MR) is 57.7 cm³/mol. The Morgan fingerprint density at radius 3 is 2.55 bits per heavy atom. The molecule has 0 unspecified atom stereocenters. The third-order valence-corrected chi connectivity index (χ3v) is 2.92. The van der Waals surface area contributed by atoms with Gasteiger partial charge in [0.2, 0.25) is 5.88 Å². The number of ether oxygens (including phenoxy) is 1. The van der Waals surface area contributed by atoms with Crippen LogP contribution in [0, 0.1) is 0 Å². The smallest absolute Gasteiger partial charge is 0.433 e. The monoisotopic (exact) mass is 290 g/mol. The Hall–Kier alpha value is -2.06. The number of amides is 1. The molecule has 1 aromatic rings. The summed E-state index contributed by atoms with van der Waals surface area (Å²) in [5.41, 5.74) is -1.07. The molecule has 9 heteroatoms. The summed E-state index contributed by atoms with van der Waals surface area (Å²) in [5.74, 6) is -0.167. The van der Waals surface area contributed by atoms with Crippen LogP contribution in [0.25, 0.3) is 0 Å². The summed E-state index contributed by atoms with van der Waals surface area (Å²) in [5, 5.41) is 10.6. The van der Waals surface area contributed by atoms with E-state index in [1.807, 2.05) is 0 Å². The molecule has 1 aromatic heterocycles. The van der Waals surface area contributed by atoms with Crippen LogP contribution in [0.3, 0.4) is 0 Å². The van der Waals surface area contributed by atoms with Gasteiger partial charge in [0.1, 0.15) is 18.5 Å². The molecule has 0 N–H and O–H groups in total. The third-order valence-electron chi connectivity index (χ3n) is 2.92. The second-order valence-electron chi connectivity index (χ2n) is 4.31. The summed E-state index contributed by atoms with van der Waals surface area (Å²) in [7, 11) is 0. The lowest BCUT2D eigenvalue weighted by Gasteiger charge is -2.33. The van der Waals surface area contributed by atoms with E-state index < -0.39 is 18.0 Å². The minimum Gasteiger partial charge on any atom is -0.530 e. The fourth-order valence-corrected chi connectivity index (χ4v) is 1.89. The first kappa shape index (κ1) is 14.4. The van der Waals surface area contributed by atoms with Gasteiger partial charge in [-0.1, -0.05) is 0 Å². The summed E-state index contributed by atoms with van der Waals surface area (Å²) < 4.78 is 42.7. The number of hydrogen-bond acceptors (Lipinski definition) is 5. The number of piperidine rings is 1. The van der Waals surface area contributed by atoms with Gasteiger partial charge >= 0.3 is 6.18 Å².